The molecule has 3 N–H and O–H groups in total. The maximum Gasteiger partial charge on any atom is 0.354 e. The molecule has 2 aromatic heterocycles. The zero-order chi connectivity index (χ0) is 14.9. The average molecular weight is 286 g/mol. The Hall–Kier alpha value is -2.63. The number of nitrogens with zero attached hydrogens (tertiary/aromatic N) is 2. The normalized spacial score (nSPS) is 10.1. The van der Waals surface area contributed by atoms with E-state index in [4.69, 9.17) is 5.11 Å². The Morgan fingerprint density at radius 1 is 1.00 bits per heavy atom. The van der Waals surface area contributed by atoms with Crippen molar-refractivity contribution in [3.63, 3.8) is 0 Å². The molecule has 110 valence electrons. The van der Waals surface area contributed by atoms with Gasteiger partial charge < -0.3 is 15.7 Å². The van der Waals surface area contributed by atoms with Gasteiger partial charge in [-0.2, -0.15) is 0 Å². The zero-order valence-corrected chi connectivity index (χ0v) is 11.6. The van der Waals surface area contributed by atoms with Crippen LogP contribution >= 0.6 is 0 Å². The van der Waals surface area contributed by atoms with Gasteiger partial charge >= 0.3 is 5.97 Å². The van der Waals surface area contributed by atoms with E-state index in [1.807, 2.05) is 18.2 Å². The molecule has 2 aromatic rings. The number of hydrogen-bond donors (Lipinski definition) is 3. The minimum Gasteiger partial charge on any atom is -0.477 e. The van der Waals surface area contributed by atoms with Gasteiger partial charge in [-0.05, 0) is 37.1 Å². The van der Waals surface area contributed by atoms with Gasteiger partial charge in [0.15, 0.2) is 5.69 Å². The van der Waals surface area contributed by atoms with Gasteiger partial charge in [-0.1, -0.05) is 12.1 Å². The van der Waals surface area contributed by atoms with Crippen LogP contribution in [0.2, 0.25) is 0 Å². The van der Waals surface area contributed by atoms with Crippen LogP contribution in [0.15, 0.2) is 42.6 Å². The molecule has 0 atom stereocenters. The van der Waals surface area contributed by atoms with Crippen LogP contribution in [0, 0.1) is 0 Å². The van der Waals surface area contributed by atoms with Crippen LogP contribution in [0.1, 0.15) is 23.3 Å². The fourth-order valence-corrected chi connectivity index (χ4v) is 1.80. The molecular formula is C15H18N4O2. The standard InChI is InChI=1S/C15H18N4O2/c20-15(21)12-6-5-8-14(19-12)18-11-4-3-10-17-13-7-1-2-9-16-13/h1-2,5-9H,3-4,10-11H2,(H,16,17)(H,18,19)(H,20,21). The second kappa shape index (κ2) is 7.84. The molecule has 0 aromatic carbocycles. The van der Waals surface area contributed by atoms with Crippen molar-refractivity contribution < 1.29 is 9.90 Å². The predicted molar refractivity (Wildman–Crippen MR) is 81.6 cm³/mol. The van der Waals surface area contributed by atoms with Crippen molar-refractivity contribution in [2.45, 2.75) is 12.8 Å². The summed E-state index contributed by atoms with van der Waals surface area (Å²) < 4.78 is 0. The van der Waals surface area contributed by atoms with Gasteiger partial charge in [-0.15, -0.1) is 0 Å². The quantitative estimate of drug-likeness (QED) is 0.646. The summed E-state index contributed by atoms with van der Waals surface area (Å²) in [5.74, 6) is 0.451. The van der Waals surface area contributed by atoms with E-state index in [-0.39, 0.29) is 5.69 Å². The number of aromatic carboxylic acids is 1. The number of hydrogen-bond acceptors (Lipinski definition) is 5. The SMILES string of the molecule is O=C(O)c1cccc(NCCCCNc2ccccn2)n1. The second-order valence-electron chi connectivity index (χ2n) is 4.49. The van der Waals surface area contributed by atoms with Crippen molar-refractivity contribution >= 4 is 17.6 Å². The highest BCUT2D eigenvalue weighted by Crippen LogP contribution is 2.05. The summed E-state index contributed by atoms with van der Waals surface area (Å²) in [6.45, 7) is 1.60. The average Bonchev–Trinajstić information content (AvgIpc) is 2.52. The van der Waals surface area contributed by atoms with E-state index < -0.39 is 5.97 Å². The molecule has 0 bridgehead atoms. The molecule has 0 radical (unpaired) electrons. The number of carbonyl (C=O) groups is 1. The molecule has 2 heterocycles. The topological polar surface area (TPSA) is 87.1 Å². The Kier molecular flexibility index (Phi) is 5.51. The minimum atomic E-state index is -1.02. The third kappa shape index (κ3) is 5.10. The molecule has 0 aliphatic carbocycles. The molecule has 0 saturated heterocycles. The van der Waals surface area contributed by atoms with Gasteiger partial charge in [-0.25, -0.2) is 14.8 Å². The number of unbranched alkanes of at least 4 members (excludes halogenated alkanes) is 1. The largest absolute Gasteiger partial charge is 0.477 e. The van der Waals surface area contributed by atoms with E-state index in [0.717, 1.165) is 31.7 Å². The van der Waals surface area contributed by atoms with E-state index in [9.17, 15) is 4.79 Å². The maximum absolute atomic E-state index is 10.8. The molecule has 0 saturated carbocycles. The van der Waals surface area contributed by atoms with E-state index >= 15 is 0 Å². The highest BCUT2D eigenvalue weighted by Gasteiger charge is 2.04. The van der Waals surface area contributed by atoms with Crippen LogP contribution in [-0.2, 0) is 0 Å². The first-order valence-corrected chi connectivity index (χ1v) is 6.85. The lowest BCUT2D eigenvalue weighted by molar-refractivity contribution is 0.0690. The fourth-order valence-electron chi connectivity index (χ4n) is 1.80. The van der Waals surface area contributed by atoms with Gasteiger partial charge in [0, 0.05) is 19.3 Å². The molecule has 0 aliphatic heterocycles. The number of rotatable bonds is 8. The molecular weight excluding hydrogens is 268 g/mol. The van der Waals surface area contributed by atoms with Gasteiger partial charge in [0.25, 0.3) is 0 Å². The first-order chi connectivity index (χ1) is 10.3. The summed E-state index contributed by atoms with van der Waals surface area (Å²) in [5.41, 5.74) is 0.0526. The van der Waals surface area contributed by atoms with E-state index in [0.29, 0.717) is 5.82 Å². The monoisotopic (exact) mass is 286 g/mol. The first kappa shape index (κ1) is 14.8. The number of anilines is 2. The Morgan fingerprint density at radius 3 is 2.38 bits per heavy atom. The third-order valence-corrected chi connectivity index (χ3v) is 2.85. The lowest BCUT2D eigenvalue weighted by Gasteiger charge is -2.07. The molecule has 0 unspecified atom stereocenters. The van der Waals surface area contributed by atoms with Crippen LogP contribution in [0.3, 0.4) is 0 Å². The molecule has 0 spiro atoms. The molecule has 6 heteroatoms. The highest BCUT2D eigenvalue weighted by atomic mass is 16.4. The van der Waals surface area contributed by atoms with Crippen LogP contribution in [0.4, 0.5) is 11.6 Å². The molecule has 6 nitrogen and oxygen atoms in total. The van der Waals surface area contributed by atoms with Gasteiger partial charge in [0.2, 0.25) is 0 Å². The number of carboxylic acids is 1. The third-order valence-electron chi connectivity index (χ3n) is 2.85. The number of nitrogens with one attached hydrogen (secondary N) is 2. The van der Waals surface area contributed by atoms with Crippen molar-refractivity contribution in [3.8, 4) is 0 Å². The van der Waals surface area contributed by atoms with Gasteiger partial charge in [0.05, 0.1) is 0 Å². The van der Waals surface area contributed by atoms with Crippen LogP contribution in [0.5, 0.6) is 0 Å². The van der Waals surface area contributed by atoms with Crippen LogP contribution < -0.4 is 10.6 Å². The Bertz CT molecular complexity index is 575. The Morgan fingerprint density at radius 2 is 1.71 bits per heavy atom. The predicted octanol–water partition coefficient (Wildman–Crippen LogP) is 2.48. The maximum atomic E-state index is 10.8. The zero-order valence-electron chi connectivity index (χ0n) is 11.6. The van der Waals surface area contributed by atoms with Crippen LogP contribution in [0.25, 0.3) is 0 Å². The van der Waals surface area contributed by atoms with Crippen molar-refractivity contribution in [3.05, 3.63) is 48.3 Å². The summed E-state index contributed by atoms with van der Waals surface area (Å²) in [6, 6.07) is 10.7. The summed E-state index contributed by atoms with van der Waals surface area (Å²) in [5, 5.41) is 15.2. The number of aromatic nitrogens is 2. The second-order valence-corrected chi connectivity index (χ2v) is 4.49. The van der Waals surface area contributed by atoms with Crippen LogP contribution in [-0.4, -0.2) is 34.1 Å². The smallest absolute Gasteiger partial charge is 0.354 e. The van der Waals surface area contributed by atoms with E-state index in [2.05, 4.69) is 20.6 Å². The minimum absolute atomic E-state index is 0.0526. The Balaban J connectivity index is 1.64. The lowest BCUT2D eigenvalue weighted by atomic mass is 10.3. The molecule has 21 heavy (non-hydrogen) atoms. The molecule has 2 rings (SSSR count). The van der Waals surface area contributed by atoms with Gasteiger partial charge in [-0.3, -0.25) is 0 Å². The van der Waals surface area contributed by atoms with Crippen molar-refractivity contribution in [1.82, 2.24) is 9.97 Å². The van der Waals surface area contributed by atoms with Crippen molar-refractivity contribution in [2.24, 2.45) is 0 Å². The highest BCUT2D eigenvalue weighted by molar-refractivity contribution is 5.85. The van der Waals surface area contributed by atoms with Crippen molar-refractivity contribution in [1.29, 1.82) is 0 Å². The lowest BCUT2D eigenvalue weighted by Crippen LogP contribution is -2.09. The number of carboxylic acid groups (broad SMARTS) is 1. The summed E-state index contributed by atoms with van der Waals surface area (Å²) in [6.07, 6.45) is 3.70. The number of pyridine rings is 2. The van der Waals surface area contributed by atoms with E-state index in [1.54, 1.807) is 18.3 Å². The van der Waals surface area contributed by atoms with Crippen molar-refractivity contribution in [2.75, 3.05) is 23.7 Å². The molecule has 0 amide bonds. The molecule has 0 fully saturated rings. The molecule has 0 aliphatic rings. The summed E-state index contributed by atoms with van der Waals surface area (Å²) in [7, 11) is 0. The fraction of sp³-hybridized carbons (Fsp3) is 0.267. The van der Waals surface area contributed by atoms with Gasteiger partial charge in [0.1, 0.15) is 11.6 Å². The Labute approximate surface area is 123 Å². The van der Waals surface area contributed by atoms with E-state index in [1.165, 1.54) is 6.07 Å². The summed E-state index contributed by atoms with van der Waals surface area (Å²) >= 11 is 0. The first-order valence-electron chi connectivity index (χ1n) is 6.85. The summed E-state index contributed by atoms with van der Waals surface area (Å²) in [4.78, 5) is 19.0.